The summed E-state index contributed by atoms with van der Waals surface area (Å²) in [5, 5.41) is 2.33. The summed E-state index contributed by atoms with van der Waals surface area (Å²) < 4.78 is 18.1. The van der Waals surface area contributed by atoms with E-state index in [0.717, 1.165) is 18.7 Å². The minimum atomic E-state index is -0.225. The number of halogens is 1. The van der Waals surface area contributed by atoms with E-state index in [0.29, 0.717) is 12.6 Å². The Morgan fingerprint density at radius 1 is 1.31 bits per heavy atom. The van der Waals surface area contributed by atoms with Crippen molar-refractivity contribution in [2.75, 3.05) is 13.2 Å². The van der Waals surface area contributed by atoms with Crippen LogP contribution in [0.1, 0.15) is 26.7 Å². The molecule has 0 spiro atoms. The molecule has 0 saturated carbocycles. The van der Waals surface area contributed by atoms with Crippen LogP contribution in [-0.2, 0) is 0 Å². The van der Waals surface area contributed by atoms with Crippen molar-refractivity contribution in [1.29, 1.82) is 0 Å². The number of ether oxygens (including phenoxy) is 1. The maximum Gasteiger partial charge on any atom is 0.123 e. The zero-order valence-corrected chi connectivity index (χ0v) is 10.1. The normalized spacial score (nSPS) is 12.4. The first-order chi connectivity index (χ1) is 7.72. The zero-order valence-electron chi connectivity index (χ0n) is 10.1. The third-order valence-electron chi connectivity index (χ3n) is 2.64. The lowest BCUT2D eigenvalue weighted by Gasteiger charge is -2.08. The largest absolute Gasteiger partial charge is 0.493 e. The molecule has 0 amide bonds. The van der Waals surface area contributed by atoms with Gasteiger partial charge in [0.25, 0.3) is 0 Å². The first kappa shape index (κ1) is 13.0. The molecule has 0 radical (unpaired) electrons. The molecule has 0 saturated heterocycles. The average Bonchev–Trinajstić information content (AvgIpc) is 2.31. The van der Waals surface area contributed by atoms with Crippen LogP contribution in [0.15, 0.2) is 24.3 Å². The fraction of sp³-hybridized carbons (Fsp3) is 0.538. The Labute approximate surface area is 96.8 Å². The fourth-order valence-corrected chi connectivity index (χ4v) is 1.37. The van der Waals surface area contributed by atoms with Gasteiger partial charge in [0.2, 0.25) is 0 Å². The third-order valence-corrected chi connectivity index (χ3v) is 2.64. The summed E-state index contributed by atoms with van der Waals surface area (Å²) in [5.41, 5.74) is 0. The number of rotatable bonds is 7. The molecule has 0 aromatic heterocycles. The second-order valence-electron chi connectivity index (χ2n) is 4.07. The van der Waals surface area contributed by atoms with Gasteiger partial charge in [-0.2, -0.15) is 0 Å². The number of nitrogens with two attached hydrogens (primary N) is 1. The number of hydrogen-bond donors (Lipinski definition) is 1. The van der Waals surface area contributed by atoms with E-state index in [9.17, 15) is 4.39 Å². The van der Waals surface area contributed by atoms with Crippen LogP contribution in [0.3, 0.4) is 0 Å². The van der Waals surface area contributed by atoms with Crippen molar-refractivity contribution in [3.8, 4) is 5.75 Å². The lowest BCUT2D eigenvalue weighted by molar-refractivity contribution is -0.686. The van der Waals surface area contributed by atoms with Crippen molar-refractivity contribution in [3.05, 3.63) is 30.1 Å². The van der Waals surface area contributed by atoms with E-state index >= 15 is 0 Å². The van der Waals surface area contributed by atoms with Crippen LogP contribution in [0.4, 0.5) is 4.39 Å². The molecule has 0 heterocycles. The van der Waals surface area contributed by atoms with Gasteiger partial charge in [-0.05, 0) is 37.6 Å². The number of quaternary nitrogens is 1. The van der Waals surface area contributed by atoms with Gasteiger partial charge < -0.3 is 10.1 Å². The molecule has 90 valence electrons. The standard InChI is InChI=1S/C13H20FNO/c1-3-11(2)15-9-4-10-16-13-7-5-12(14)6-8-13/h5-8,11,15H,3-4,9-10H2,1-2H3/p+1/t11-/m1/s1. The summed E-state index contributed by atoms with van der Waals surface area (Å²) in [6.45, 7) is 6.19. The molecule has 0 aliphatic carbocycles. The molecular weight excluding hydrogens is 205 g/mol. The van der Waals surface area contributed by atoms with Crippen LogP contribution in [0.25, 0.3) is 0 Å². The smallest absolute Gasteiger partial charge is 0.123 e. The summed E-state index contributed by atoms with van der Waals surface area (Å²) >= 11 is 0. The Morgan fingerprint density at radius 3 is 2.62 bits per heavy atom. The maximum atomic E-state index is 12.6. The van der Waals surface area contributed by atoms with Crippen LogP contribution < -0.4 is 10.1 Å². The predicted octanol–water partition coefficient (Wildman–Crippen LogP) is 1.96. The molecule has 2 N–H and O–H groups in total. The van der Waals surface area contributed by atoms with Crippen molar-refractivity contribution >= 4 is 0 Å². The van der Waals surface area contributed by atoms with Crippen LogP contribution in [0.2, 0.25) is 0 Å². The number of benzene rings is 1. The Bertz CT molecular complexity index is 286. The van der Waals surface area contributed by atoms with Crippen LogP contribution >= 0.6 is 0 Å². The summed E-state index contributed by atoms with van der Waals surface area (Å²) in [4.78, 5) is 0. The van der Waals surface area contributed by atoms with E-state index in [1.54, 1.807) is 12.1 Å². The average molecular weight is 226 g/mol. The van der Waals surface area contributed by atoms with Gasteiger partial charge in [0.05, 0.1) is 19.2 Å². The van der Waals surface area contributed by atoms with Gasteiger partial charge in [0.1, 0.15) is 11.6 Å². The molecule has 1 rings (SSSR count). The third kappa shape index (κ3) is 5.12. The van der Waals surface area contributed by atoms with E-state index in [1.807, 2.05) is 0 Å². The topological polar surface area (TPSA) is 25.8 Å². The second-order valence-corrected chi connectivity index (χ2v) is 4.07. The molecule has 1 aromatic rings. The van der Waals surface area contributed by atoms with Gasteiger partial charge in [0.15, 0.2) is 0 Å². The molecule has 2 nitrogen and oxygen atoms in total. The molecule has 3 heteroatoms. The van der Waals surface area contributed by atoms with E-state index in [1.165, 1.54) is 18.6 Å². The van der Waals surface area contributed by atoms with Gasteiger partial charge in [-0.15, -0.1) is 0 Å². The molecule has 1 aromatic carbocycles. The monoisotopic (exact) mass is 226 g/mol. The second kappa shape index (κ2) is 7.23. The Kier molecular flexibility index (Phi) is 5.86. The van der Waals surface area contributed by atoms with Crippen LogP contribution in [0, 0.1) is 5.82 Å². The molecular formula is C13H21FNO+. The molecule has 0 unspecified atom stereocenters. The number of hydrogen-bond acceptors (Lipinski definition) is 1. The lowest BCUT2D eigenvalue weighted by atomic mass is 10.2. The molecule has 0 aliphatic rings. The van der Waals surface area contributed by atoms with Gasteiger partial charge in [0, 0.05) is 6.42 Å². The highest BCUT2D eigenvalue weighted by molar-refractivity contribution is 5.21. The van der Waals surface area contributed by atoms with Gasteiger partial charge in [-0.25, -0.2) is 4.39 Å². The first-order valence-electron chi connectivity index (χ1n) is 5.94. The van der Waals surface area contributed by atoms with Gasteiger partial charge in [-0.1, -0.05) is 6.92 Å². The van der Waals surface area contributed by atoms with E-state index in [4.69, 9.17) is 4.74 Å². The first-order valence-corrected chi connectivity index (χ1v) is 5.94. The molecule has 0 fully saturated rings. The highest BCUT2D eigenvalue weighted by atomic mass is 19.1. The van der Waals surface area contributed by atoms with Crippen molar-refractivity contribution in [2.24, 2.45) is 0 Å². The van der Waals surface area contributed by atoms with Gasteiger partial charge >= 0.3 is 0 Å². The van der Waals surface area contributed by atoms with E-state index < -0.39 is 0 Å². The molecule has 0 bridgehead atoms. The zero-order chi connectivity index (χ0) is 11.8. The summed E-state index contributed by atoms with van der Waals surface area (Å²) in [6.07, 6.45) is 2.21. The summed E-state index contributed by atoms with van der Waals surface area (Å²) in [6, 6.07) is 6.84. The minimum Gasteiger partial charge on any atom is -0.493 e. The van der Waals surface area contributed by atoms with Crippen molar-refractivity contribution in [3.63, 3.8) is 0 Å². The fourth-order valence-electron chi connectivity index (χ4n) is 1.37. The van der Waals surface area contributed by atoms with Gasteiger partial charge in [-0.3, -0.25) is 0 Å². The Hall–Kier alpha value is -1.09. The Morgan fingerprint density at radius 2 is 2.00 bits per heavy atom. The summed E-state index contributed by atoms with van der Waals surface area (Å²) in [7, 11) is 0. The van der Waals surface area contributed by atoms with E-state index in [2.05, 4.69) is 19.2 Å². The molecule has 1 atom stereocenters. The highest BCUT2D eigenvalue weighted by Gasteiger charge is 2.00. The van der Waals surface area contributed by atoms with Crippen molar-refractivity contribution < 1.29 is 14.4 Å². The van der Waals surface area contributed by atoms with E-state index in [-0.39, 0.29) is 5.82 Å². The SMILES string of the molecule is CC[C@@H](C)[NH2+]CCCOc1ccc(F)cc1. The molecule has 0 aliphatic heterocycles. The quantitative estimate of drug-likeness (QED) is 0.707. The minimum absolute atomic E-state index is 0.225. The van der Waals surface area contributed by atoms with Crippen molar-refractivity contribution in [2.45, 2.75) is 32.7 Å². The Balaban J connectivity index is 2.09. The lowest BCUT2D eigenvalue weighted by Crippen LogP contribution is -2.89. The highest BCUT2D eigenvalue weighted by Crippen LogP contribution is 2.10. The van der Waals surface area contributed by atoms with Crippen molar-refractivity contribution in [1.82, 2.24) is 0 Å². The maximum absolute atomic E-state index is 12.6. The van der Waals surface area contributed by atoms with Crippen LogP contribution in [-0.4, -0.2) is 19.2 Å². The predicted molar refractivity (Wildman–Crippen MR) is 63.1 cm³/mol. The summed E-state index contributed by atoms with van der Waals surface area (Å²) in [5.74, 6) is 0.516. The van der Waals surface area contributed by atoms with Crippen LogP contribution in [0.5, 0.6) is 5.75 Å². The molecule has 16 heavy (non-hydrogen) atoms.